The van der Waals surface area contributed by atoms with Crippen LogP contribution in [0.2, 0.25) is 0 Å². The van der Waals surface area contributed by atoms with Gasteiger partial charge in [-0.25, -0.2) is 18.1 Å². The third-order valence-corrected chi connectivity index (χ3v) is 7.29. The van der Waals surface area contributed by atoms with Crippen LogP contribution in [-0.2, 0) is 20.2 Å². The molecule has 176 valence electrons. The van der Waals surface area contributed by atoms with E-state index >= 15 is 0 Å². The zero-order valence-corrected chi connectivity index (χ0v) is 18.7. The lowest BCUT2D eigenvalue weighted by Crippen LogP contribution is -2.28. The lowest BCUT2D eigenvalue weighted by atomic mass is 9.94. The number of carbonyl (C=O) groups excluding carboxylic acids is 1. The molecule has 34 heavy (non-hydrogen) atoms. The topological polar surface area (TPSA) is 107 Å². The fourth-order valence-electron chi connectivity index (χ4n) is 3.84. The molecule has 0 atom stereocenters. The van der Waals surface area contributed by atoms with Gasteiger partial charge < -0.3 is 14.8 Å². The van der Waals surface area contributed by atoms with Crippen LogP contribution in [0.3, 0.4) is 0 Å². The van der Waals surface area contributed by atoms with Crippen LogP contribution in [-0.4, -0.2) is 32.7 Å². The maximum absolute atomic E-state index is 13.3. The highest BCUT2D eigenvalue weighted by Crippen LogP contribution is 2.52. The predicted octanol–water partition coefficient (Wildman–Crippen LogP) is 3.65. The summed E-state index contributed by atoms with van der Waals surface area (Å²) in [7, 11) is -2.22. The van der Waals surface area contributed by atoms with Crippen molar-refractivity contribution in [3.63, 3.8) is 0 Å². The fourth-order valence-corrected chi connectivity index (χ4v) is 4.57. The van der Waals surface area contributed by atoms with E-state index < -0.39 is 21.7 Å². The highest BCUT2D eigenvalue weighted by atomic mass is 32.2. The molecule has 0 radical (unpaired) electrons. The van der Waals surface area contributed by atoms with Crippen LogP contribution in [0.25, 0.3) is 11.3 Å². The number of benzene rings is 2. The highest BCUT2D eigenvalue weighted by Gasteiger charge is 2.53. The number of fused-ring (bicyclic) bond motifs is 1. The minimum atomic E-state index is -3.72. The number of carbonyl (C=O) groups is 1. The van der Waals surface area contributed by atoms with Crippen LogP contribution in [0.15, 0.2) is 65.6 Å². The average Bonchev–Trinajstić information content (AvgIpc) is 3.56. The summed E-state index contributed by atoms with van der Waals surface area (Å²) in [5.74, 6) is -0.176. The van der Waals surface area contributed by atoms with Gasteiger partial charge in [-0.3, -0.25) is 4.79 Å². The summed E-state index contributed by atoms with van der Waals surface area (Å²) >= 11 is 0. The van der Waals surface area contributed by atoms with Crippen molar-refractivity contribution in [1.82, 2.24) is 9.71 Å². The summed E-state index contributed by atoms with van der Waals surface area (Å²) in [4.78, 5) is 17.7. The molecule has 1 aromatic heterocycles. The van der Waals surface area contributed by atoms with Crippen LogP contribution in [0.5, 0.6) is 11.5 Å². The molecule has 0 saturated heterocycles. The first kappa shape index (κ1) is 22.2. The Morgan fingerprint density at radius 3 is 2.38 bits per heavy atom. The van der Waals surface area contributed by atoms with Gasteiger partial charge in [0, 0.05) is 5.56 Å². The van der Waals surface area contributed by atoms with Crippen LogP contribution < -0.4 is 19.5 Å². The van der Waals surface area contributed by atoms with E-state index in [9.17, 15) is 22.0 Å². The SMILES string of the molecule is CNS(=O)(=O)c1ccc(-c2cccc(NC(=O)C3(c4ccc5c(c4)OC(F)(F)O5)CC3)n2)cc1. The van der Waals surface area contributed by atoms with E-state index in [4.69, 9.17) is 0 Å². The number of hydrogen-bond acceptors (Lipinski definition) is 6. The Balaban J connectivity index is 1.35. The van der Waals surface area contributed by atoms with Crippen LogP contribution >= 0.6 is 0 Å². The first-order valence-corrected chi connectivity index (χ1v) is 11.8. The fraction of sp³-hybridized carbons (Fsp3) is 0.217. The molecular formula is C23H19F2N3O5S. The molecule has 1 saturated carbocycles. The predicted molar refractivity (Wildman–Crippen MR) is 118 cm³/mol. The molecule has 2 aromatic carbocycles. The molecule has 11 heteroatoms. The van der Waals surface area contributed by atoms with Gasteiger partial charge in [0.25, 0.3) is 0 Å². The summed E-state index contributed by atoms with van der Waals surface area (Å²) in [6.45, 7) is 0. The number of amides is 1. The van der Waals surface area contributed by atoms with Crippen molar-refractivity contribution in [2.45, 2.75) is 29.4 Å². The minimum Gasteiger partial charge on any atom is -0.395 e. The Bertz CT molecular complexity index is 1390. The van der Waals surface area contributed by atoms with Crippen LogP contribution in [0.1, 0.15) is 18.4 Å². The molecule has 1 aliphatic heterocycles. The molecule has 1 fully saturated rings. The first-order valence-electron chi connectivity index (χ1n) is 10.3. The van der Waals surface area contributed by atoms with Crippen molar-refractivity contribution < 1.29 is 31.5 Å². The largest absolute Gasteiger partial charge is 0.586 e. The number of ether oxygens (including phenoxy) is 2. The molecule has 8 nitrogen and oxygen atoms in total. The molecule has 2 N–H and O–H groups in total. The number of nitrogens with one attached hydrogen (secondary N) is 2. The summed E-state index contributed by atoms with van der Waals surface area (Å²) in [5, 5.41) is 2.81. The lowest BCUT2D eigenvalue weighted by molar-refractivity contribution is -0.286. The number of sulfonamides is 1. The van der Waals surface area contributed by atoms with Gasteiger partial charge in [-0.1, -0.05) is 24.3 Å². The highest BCUT2D eigenvalue weighted by molar-refractivity contribution is 7.89. The zero-order valence-electron chi connectivity index (χ0n) is 17.8. The monoisotopic (exact) mass is 487 g/mol. The van der Waals surface area contributed by atoms with Crippen molar-refractivity contribution in [3.05, 3.63) is 66.2 Å². The summed E-state index contributed by atoms with van der Waals surface area (Å²) in [5.41, 5.74) is 0.907. The number of halogens is 2. The maximum atomic E-state index is 13.3. The Hall–Kier alpha value is -3.57. The Labute approximate surface area is 194 Å². The van der Waals surface area contributed by atoms with Crippen molar-refractivity contribution in [3.8, 4) is 22.8 Å². The molecule has 0 bridgehead atoms. The standard InChI is InChI=1S/C23H19F2N3O5S/c1-26-34(30,31)16-8-5-14(6-9-16)17-3-2-4-20(27-17)28-21(29)22(11-12-22)15-7-10-18-19(13-15)33-23(24,25)32-18/h2-10,13,26H,11-12H2,1H3,(H,27,28,29). The second-order valence-electron chi connectivity index (χ2n) is 8.01. The number of anilines is 1. The van der Waals surface area contributed by atoms with Gasteiger partial charge in [0.15, 0.2) is 11.5 Å². The minimum absolute atomic E-state index is 0.0761. The number of hydrogen-bond donors (Lipinski definition) is 2. The third kappa shape index (κ3) is 3.97. The third-order valence-electron chi connectivity index (χ3n) is 5.86. The second-order valence-corrected chi connectivity index (χ2v) is 9.89. The molecule has 1 amide bonds. The second kappa shape index (κ2) is 7.74. The first-order chi connectivity index (χ1) is 16.1. The van der Waals surface area contributed by atoms with Crippen molar-refractivity contribution in [2.24, 2.45) is 0 Å². The average molecular weight is 487 g/mol. The number of nitrogens with zero attached hydrogens (tertiary/aromatic N) is 1. The quantitative estimate of drug-likeness (QED) is 0.550. The normalized spacial score (nSPS) is 17.3. The van der Waals surface area contributed by atoms with E-state index in [1.807, 2.05) is 0 Å². The smallest absolute Gasteiger partial charge is 0.395 e. The van der Waals surface area contributed by atoms with Gasteiger partial charge in [-0.2, -0.15) is 0 Å². The summed E-state index contributed by atoms with van der Waals surface area (Å²) in [6.07, 6.45) is -2.62. The molecule has 0 unspecified atom stereocenters. The Morgan fingerprint density at radius 2 is 1.71 bits per heavy atom. The van der Waals surface area contributed by atoms with Crippen molar-refractivity contribution in [1.29, 1.82) is 0 Å². The van der Waals surface area contributed by atoms with E-state index in [2.05, 4.69) is 24.5 Å². The number of rotatable bonds is 6. The number of pyridine rings is 1. The van der Waals surface area contributed by atoms with E-state index in [1.165, 1.54) is 31.3 Å². The molecule has 2 heterocycles. The molecule has 3 aromatic rings. The van der Waals surface area contributed by atoms with Gasteiger partial charge in [0.05, 0.1) is 16.0 Å². The maximum Gasteiger partial charge on any atom is 0.586 e. The Kier molecular flexibility index (Phi) is 5.06. The van der Waals surface area contributed by atoms with Crippen molar-refractivity contribution >= 4 is 21.7 Å². The van der Waals surface area contributed by atoms with E-state index in [1.54, 1.807) is 36.4 Å². The van der Waals surface area contributed by atoms with Crippen LogP contribution in [0.4, 0.5) is 14.6 Å². The Morgan fingerprint density at radius 1 is 1.00 bits per heavy atom. The van der Waals surface area contributed by atoms with E-state index in [0.29, 0.717) is 35.5 Å². The molecule has 0 spiro atoms. The molecule has 1 aliphatic carbocycles. The molecular weight excluding hydrogens is 468 g/mol. The summed E-state index contributed by atoms with van der Waals surface area (Å²) in [6, 6.07) is 15.7. The number of aromatic nitrogens is 1. The molecule has 5 rings (SSSR count). The molecule has 2 aliphatic rings. The van der Waals surface area contributed by atoms with Crippen molar-refractivity contribution in [2.75, 3.05) is 12.4 Å². The van der Waals surface area contributed by atoms with E-state index in [-0.39, 0.29) is 22.3 Å². The van der Waals surface area contributed by atoms with Gasteiger partial charge in [-0.15, -0.1) is 8.78 Å². The van der Waals surface area contributed by atoms with Gasteiger partial charge in [0.2, 0.25) is 15.9 Å². The van der Waals surface area contributed by atoms with Crippen LogP contribution in [0, 0.1) is 0 Å². The van der Waals surface area contributed by atoms with Gasteiger partial charge in [-0.05, 0) is 61.9 Å². The number of alkyl halides is 2. The lowest BCUT2D eigenvalue weighted by Gasteiger charge is -2.16. The van der Waals surface area contributed by atoms with Gasteiger partial charge >= 0.3 is 6.29 Å². The van der Waals surface area contributed by atoms with E-state index in [0.717, 1.165) is 0 Å². The van der Waals surface area contributed by atoms with Gasteiger partial charge in [0.1, 0.15) is 5.82 Å². The zero-order chi connectivity index (χ0) is 24.1. The summed E-state index contributed by atoms with van der Waals surface area (Å²) < 4.78 is 61.7.